The molecule has 0 radical (unpaired) electrons. The molecule has 0 N–H and O–H groups in total. The van der Waals surface area contributed by atoms with Gasteiger partial charge in [-0.3, -0.25) is 10.1 Å². The van der Waals surface area contributed by atoms with Crippen molar-refractivity contribution in [2.24, 2.45) is 5.11 Å². The number of hydrogen-bond acceptors (Lipinski definition) is 4. The van der Waals surface area contributed by atoms with Gasteiger partial charge in [0.2, 0.25) is 0 Å². The van der Waals surface area contributed by atoms with E-state index in [2.05, 4.69) is 21.9 Å². The second kappa shape index (κ2) is 6.78. The molecule has 1 aromatic rings. The Morgan fingerprint density at radius 1 is 1.61 bits per heavy atom. The molecular weight excluding hydrogens is 236 g/mol. The molecule has 0 saturated heterocycles. The lowest BCUT2D eigenvalue weighted by atomic mass is 10.2. The van der Waals surface area contributed by atoms with Gasteiger partial charge in [0.15, 0.2) is 5.75 Å². The molecule has 18 heavy (non-hydrogen) atoms. The van der Waals surface area contributed by atoms with E-state index in [1.54, 1.807) is 6.07 Å². The van der Waals surface area contributed by atoms with Crippen LogP contribution >= 0.6 is 0 Å². The average Bonchev–Trinajstić information content (AvgIpc) is 2.38. The number of hydrogen-bond donors (Lipinski definition) is 0. The van der Waals surface area contributed by atoms with Gasteiger partial charge < -0.3 is 4.74 Å². The largest absolute Gasteiger partial charge is 0.490 e. The zero-order valence-electron chi connectivity index (χ0n) is 9.66. The molecule has 1 rings (SSSR count). The Kier molecular flexibility index (Phi) is 5.03. The first-order valence-corrected chi connectivity index (χ1v) is 5.01. The molecule has 0 heterocycles. The van der Waals surface area contributed by atoms with E-state index in [1.807, 2.05) is 0 Å². The summed E-state index contributed by atoms with van der Waals surface area (Å²) in [5.41, 5.74) is 8.45. The van der Waals surface area contributed by atoms with Crippen LogP contribution in [-0.4, -0.2) is 18.6 Å². The van der Waals surface area contributed by atoms with Crippen molar-refractivity contribution in [1.82, 2.24) is 0 Å². The van der Waals surface area contributed by atoms with Crippen molar-refractivity contribution in [2.45, 2.75) is 6.42 Å². The standard InChI is InChI=1S/C11H10N4O3/c1-18-11-6-5-9(8-10(11)15(16)17)4-2-3-7-13-14-12/h5-6,8H,3,7H2,1H3. The average molecular weight is 246 g/mol. The predicted octanol–water partition coefficient (Wildman–Crippen LogP) is 2.66. The molecule has 92 valence electrons. The first kappa shape index (κ1) is 13.4. The summed E-state index contributed by atoms with van der Waals surface area (Å²) in [7, 11) is 1.37. The fourth-order valence-corrected chi connectivity index (χ4v) is 1.23. The first-order valence-electron chi connectivity index (χ1n) is 5.01. The molecule has 0 aromatic heterocycles. The highest BCUT2D eigenvalue weighted by Crippen LogP contribution is 2.27. The van der Waals surface area contributed by atoms with Gasteiger partial charge in [-0.15, -0.1) is 0 Å². The monoisotopic (exact) mass is 246 g/mol. The van der Waals surface area contributed by atoms with E-state index >= 15 is 0 Å². The van der Waals surface area contributed by atoms with Crippen molar-refractivity contribution in [1.29, 1.82) is 0 Å². The summed E-state index contributed by atoms with van der Waals surface area (Å²) < 4.78 is 4.87. The minimum absolute atomic E-state index is 0.126. The molecule has 0 fully saturated rings. The Hall–Kier alpha value is -2.71. The maximum absolute atomic E-state index is 10.8. The van der Waals surface area contributed by atoms with Crippen molar-refractivity contribution in [3.63, 3.8) is 0 Å². The van der Waals surface area contributed by atoms with Crippen LogP contribution < -0.4 is 4.74 Å². The number of nitrogens with zero attached hydrogens (tertiary/aromatic N) is 4. The van der Waals surface area contributed by atoms with Crippen LogP contribution in [0.25, 0.3) is 10.4 Å². The normalized spacial score (nSPS) is 8.72. The molecule has 0 aliphatic carbocycles. The highest BCUT2D eigenvalue weighted by molar-refractivity contribution is 5.52. The van der Waals surface area contributed by atoms with E-state index in [1.165, 1.54) is 19.2 Å². The quantitative estimate of drug-likeness (QED) is 0.155. The van der Waals surface area contributed by atoms with Crippen LogP contribution in [0.5, 0.6) is 5.75 Å². The van der Waals surface area contributed by atoms with Gasteiger partial charge in [0.25, 0.3) is 0 Å². The van der Waals surface area contributed by atoms with E-state index in [-0.39, 0.29) is 18.0 Å². The first-order chi connectivity index (χ1) is 8.69. The maximum atomic E-state index is 10.8. The summed E-state index contributed by atoms with van der Waals surface area (Å²) in [6.45, 7) is 0.280. The second-order valence-corrected chi connectivity index (χ2v) is 3.15. The fourth-order valence-electron chi connectivity index (χ4n) is 1.23. The van der Waals surface area contributed by atoms with E-state index in [4.69, 9.17) is 10.3 Å². The van der Waals surface area contributed by atoms with Gasteiger partial charge in [-0.05, 0) is 17.7 Å². The third-order valence-corrected chi connectivity index (χ3v) is 2.01. The molecule has 0 aliphatic rings. The van der Waals surface area contributed by atoms with Gasteiger partial charge in [0.05, 0.1) is 12.0 Å². The number of rotatable bonds is 4. The highest BCUT2D eigenvalue weighted by atomic mass is 16.6. The molecule has 0 amide bonds. The lowest BCUT2D eigenvalue weighted by molar-refractivity contribution is -0.385. The van der Waals surface area contributed by atoms with Crippen LogP contribution in [0.15, 0.2) is 23.3 Å². The molecule has 0 unspecified atom stereocenters. The number of benzene rings is 1. The summed E-state index contributed by atoms with van der Waals surface area (Å²) in [5.74, 6) is 5.71. The van der Waals surface area contributed by atoms with Crippen LogP contribution in [0.2, 0.25) is 0 Å². The minimum Gasteiger partial charge on any atom is -0.490 e. The summed E-state index contributed by atoms with van der Waals surface area (Å²) in [6, 6.07) is 4.47. The van der Waals surface area contributed by atoms with E-state index in [0.717, 1.165) is 0 Å². The van der Waals surface area contributed by atoms with Crippen LogP contribution in [0.1, 0.15) is 12.0 Å². The molecule has 0 atom stereocenters. The zero-order valence-corrected chi connectivity index (χ0v) is 9.66. The van der Waals surface area contributed by atoms with Gasteiger partial charge >= 0.3 is 5.69 Å². The Morgan fingerprint density at radius 3 is 3.00 bits per heavy atom. The Labute approximate surface area is 103 Å². The third-order valence-electron chi connectivity index (χ3n) is 2.01. The third kappa shape index (κ3) is 3.70. The number of ether oxygens (including phenoxy) is 1. The van der Waals surface area contributed by atoms with E-state index < -0.39 is 4.92 Å². The maximum Gasteiger partial charge on any atom is 0.312 e. The lowest BCUT2D eigenvalue weighted by Crippen LogP contribution is -1.94. The minimum atomic E-state index is -0.524. The molecule has 0 spiro atoms. The van der Waals surface area contributed by atoms with Crippen LogP contribution in [0, 0.1) is 22.0 Å². The highest BCUT2D eigenvalue weighted by Gasteiger charge is 2.14. The summed E-state index contributed by atoms with van der Waals surface area (Å²) in [5, 5.41) is 14.1. The zero-order chi connectivity index (χ0) is 13.4. The second-order valence-electron chi connectivity index (χ2n) is 3.15. The van der Waals surface area contributed by atoms with Crippen LogP contribution in [-0.2, 0) is 0 Å². The molecular formula is C11H10N4O3. The molecule has 0 saturated carbocycles. The van der Waals surface area contributed by atoms with Crippen molar-refractivity contribution in [3.8, 4) is 17.6 Å². The summed E-state index contributed by atoms with van der Waals surface area (Å²) >= 11 is 0. The van der Waals surface area contributed by atoms with Crippen molar-refractivity contribution in [3.05, 3.63) is 44.3 Å². The SMILES string of the molecule is COc1ccc(C#CCCN=[N+]=[N-])cc1[N+](=O)[O-]. The van der Waals surface area contributed by atoms with Gasteiger partial charge in [-0.25, -0.2) is 0 Å². The molecule has 7 heteroatoms. The van der Waals surface area contributed by atoms with E-state index in [9.17, 15) is 10.1 Å². The summed E-state index contributed by atoms with van der Waals surface area (Å²) in [6.07, 6.45) is 0.407. The van der Waals surface area contributed by atoms with Crippen LogP contribution in [0.4, 0.5) is 5.69 Å². The van der Waals surface area contributed by atoms with Gasteiger partial charge in [0, 0.05) is 29.5 Å². The Balaban J connectivity index is 2.88. The Morgan fingerprint density at radius 2 is 2.39 bits per heavy atom. The van der Waals surface area contributed by atoms with Gasteiger partial charge in [-0.2, -0.15) is 0 Å². The number of nitro benzene ring substituents is 1. The van der Waals surface area contributed by atoms with Gasteiger partial charge in [-0.1, -0.05) is 17.0 Å². The molecule has 0 aliphatic heterocycles. The van der Waals surface area contributed by atoms with Crippen LogP contribution in [0.3, 0.4) is 0 Å². The van der Waals surface area contributed by atoms with Gasteiger partial charge in [0.1, 0.15) is 0 Å². The Bertz CT molecular complexity index is 553. The van der Waals surface area contributed by atoms with Crippen molar-refractivity contribution >= 4 is 5.69 Å². The van der Waals surface area contributed by atoms with E-state index in [0.29, 0.717) is 12.0 Å². The van der Waals surface area contributed by atoms with Crippen molar-refractivity contribution < 1.29 is 9.66 Å². The lowest BCUT2D eigenvalue weighted by Gasteiger charge is -2.00. The number of azide groups is 1. The fraction of sp³-hybridized carbons (Fsp3) is 0.273. The molecule has 0 bridgehead atoms. The smallest absolute Gasteiger partial charge is 0.312 e. The predicted molar refractivity (Wildman–Crippen MR) is 65.2 cm³/mol. The molecule has 7 nitrogen and oxygen atoms in total. The van der Waals surface area contributed by atoms with Crippen molar-refractivity contribution in [2.75, 3.05) is 13.7 Å². The number of nitro groups is 1. The topological polar surface area (TPSA) is 101 Å². The molecule has 1 aromatic carbocycles. The summed E-state index contributed by atoms with van der Waals surface area (Å²) in [4.78, 5) is 12.8. The number of methoxy groups -OCH3 is 1.